The van der Waals surface area contributed by atoms with Gasteiger partial charge < -0.3 is 40.0 Å². The van der Waals surface area contributed by atoms with E-state index < -0.39 is 5.91 Å². The number of ether oxygens (including phenoxy) is 1. The van der Waals surface area contributed by atoms with Crippen LogP contribution in [0.15, 0.2) is 70.7 Å². The van der Waals surface area contributed by atoms with Crippen LogP contribution < -0.4 is 31.6 Å². The second kappa shape index (κ2) is 17.6. The van der Waals surface area contributed by atoms with E-state index in [9.17, 15) is 19.2 Å². The van der Waals surface area contributed by atoms with Crippen molar-refractivity contribution in [2.24, 2.45) is 10.9 Å². The third-order valence-electron chi connectivity index (χ3n) is 11.9. The molecule has 4 aromatic rings. The lowest BCUT2D eigenvalue weighted by Gasteiger charge is -2.34. The average molecular weight is 763 g/mol. The van der Waals surface area contributed by atoms with Crippen molar-refractivity contribution in [3.05, 3.63) is 82.4 Å². The van der Waals surface area contributed by atoms with E-state index in [0.29, 0.717) is 41.1 Å². The number of aromatic nitrogens is 2. The standard InChI is InChI=1S/C43H54N8O5/c1-45-41(53)18-23-49(28-52)38-6-3-7-39-34(38)17-24-50(39)33-15-21-48(22-16-33)20-14-29-8-10-31(11-9-29)46-27-30-25-35(40(56-2)26-36(30)44)42(54)47-37-5-4-19-51(43(37)55)32-12-13-32/h3-7,17,19,24-29,31-33H,8-16,18,20-23,44H2,1-2H3,(H,45,53)(H,47,54). The van der Waals surface area contributed by atoms with Crippen LogP contribution in [0.4, 0.5) is 17.1 Å². The predicted octanol–water partition coefficient (Wildman–Crippen LogP) is 5.78. The van der Waals surface area contributed by atoms with Crippen LogP contribution >= 0.6 is 0 Å². The predicted molar refractivity (Wildman–Crippen MR) is 221 cm³/mol. The van der Waals surface area contributed by atoms with Crippen LogP contribution in [0.1, 0.15) is 92.2 Å². The molecule has 0 atom stereocenters. The summed E-state index contributed by atoms with van der Waals surface area (Å²) in [6.07, 6.45) is 16.4. The van der Waals surface area contributed by atoms with Gasteiger partial charge in [0.25, 0.3) is 11.5 Å². The molecule has 4 N–H and O–H groups in total. The van der Waals surface area contributed by atoms with Crippen LogP contribution in [0.3, 0.4) is 0 Å². The van der Waals surface area contributed by atoms with Crippen LogP contribution in [0.25, 0.3) is 10.9 Å². The van der Waals surface area contributed by atoms with Crippen molar-refractivity contribution < 1.29 is 19.1 Å². The Labute approximate surface area is 327 Å². The number of nitrogens with zero attached hydrogens (tertiary/aromatic N) is 5. The van der Waals surface area contributed by atoms with Gasteiger partial charge in [0.05, 0.1) is 23.9 Å². The van der Waals surface area contributed by atoms with Crippen molar-refractivity contribution in [2.75, 3.05) is 56.3 Å². The number of hydrogen-bond acceptors (Lipinski definition) is 8. The lowest BCUT2D eigenvalue weighted by Crippen LogP contribution is -2.36. The first kappa shape index (κ1) is 38.8. The number of anilines is 3. The number of nitrogen functional groups attached to an aromatic ring is 1. The molecule has 3 heterocycles. The first-order valence-corrected chi connectivity index (χ1v) is 20.0. The maximum Gasteiger partial charge on any atom is 0.274 e. The van der Waals surface area contributed by atoms with Crippen molar-refractivity contribution in [2.45, 2.75) is 82.3 Å². The summed E-state index contributed by atoms with van der Waals surface area (Å²) in [6.45, 7) is 3.56. The molecule has 0 radical (unpaired) electrons. The zero-order chi connectivity index (χ0) is 39.2. The summed E-state index contributed by atoms with van der Waals surface area (Å²) in [6, 6.07) is 15.7. The number of rotatable bonds is 15. The maximum atomic E-state index is 13.4. The Bertz CT molecular complexity index is 2120. The monoisotopic (exact) mass is 762 g/mol. The molecule has 2 aromatic carbocycles. The van der Waals surface area contributed by atoms with Gasteiger partial charge in [-0.3, -0.25) is 24.2 Å². The molecule has 0 unspecified atom stereocenters. The van der Waals surface area contributed by atoms with E-state index in [4.69, 9.17) is 15.5 Å². The molecule has 2 saturated carbocycles. The van der Waals surface area contributed by atoms with E-state index in [1.165, 1.54) is 13.5 Å². The number of hydrogen-bond donors (Lipinski definition) is 3. The van der Waals surface area contributed by atoms with Crippen molar-refractivity contribution in [3.8, 4) is 5.75 Å². The molecular weight excluding hydrogens is 709 g/mol. The Balaban J connectivity index is 0.882. The largest absolute Gasteiger partial charge is 0.496 e. The van der Waals surface area contributed by atoms with Gasteiger partial charge in [-0.25, -0.2) is 0 Å². The third kappa shape index (κ3) is 8.83. The van der Waals surface area contributed by atoms with Crippen molar-refractivity contribution in [1.82, 2.24) is 19.4 Å². The number of likely N-dealkylation sites (tertiary alicyclic amines) is 1. The molecule has 3 fully saturated rings. The average Bonchev–Trinajstić information content (AvgIpc) is 3.98. The number of carbonyl (C=O) groups is 3. The Morgan fingerprint density at radius 3 is 2.45 bits per heavy atom. The van der Waals surface area contributed by atoms with E-state index in [0.717, 1.165) is 94.0 Å². The molecule has 3 amide bonds. The third-order valence-corrected chi connectivity index (χ3v) is 11.9. The molecule has 2 aromatic heterocycles. The Morgan fingerprint density at radius 2 is 1.73 bits per heavy atom. The minimum absolute atomic E-state index is 0.0893. The molecule has 3 aliphatic rings. The van der Waals surface area contributed by atoms with Crippen LogP contribution in [0.2, 0.25) is 0 Å². The van der Waals surface area contributed by atoms with Crippen LogP contribution in [0, 0.1) is 5.92 Å². The second-order valence-electron chi connectivity index (χ2n) is 15.5. The Hall–Kier alpha value is -5.43. The number of fused-ring (bicyclic) bond motifs is 1. The lowest BCUT2D eigenvalue weighted by atomic mass is 9.84. The number of pyridine rings is 1. The summed E-state index contributed by atoms with van der Waals surface area (Å²) in [7, 11) is 3.10. The van der Waals surface area contributed by atoms with Gasteiger partial charge in [0.2, 0.25) is 12.3 Å². The number of benzene rings is 2. The molecule has 296 valence electrons. The van der Waals surface area contributed by atoms with Gasteiger partial charge in [-0.1, -0.05) is 6.07 Å². The van der Waals surface area contributed by atoms with Gasteiger partial charge in [0, 0.05) is 92.5 Å². The summed E-state index contributed by atoms with van der Waals surface area (Å²) >= 11 is 0. The van der Waals surface area contributed by atoms with Gasteiger partial charge in [-0.2, -0.15) is 0 Å². The molecule has 1 aliphatic heterocycles. The number of methoxy groups -OCH3 is 1. The number of nitrogens with one attached hydrogen (secondary N) is 2. The fourth-order valence-electron chi connectivity index (χ4n) is 8.38. The van der Waals surface area contributed by atoms with Crippen molar-refractivity contribution in [1.29, 1.82) is 0 Å². The molecule has 7 rings (SSSR count). The van der Waals surface area contributed by atoms with Gasteiger partial charge >= 0.3 is 0 Å². The number of aliphatic imine (C=N–C) groups is 1. The highest BCUT2D eigenvalue weighted by atomic mass is 16.5. The Kier molecular flexibility index (Phi) is 12.2. The zero-order valence-electron chi connectivity index (χ0n) is 32.5. The quantitative estimate of drug-likeness (QED) is 0.0787. The van der Waals surface area contributed by atoms with Crippen LogP contribution in [-0.4, -0.2) is 84.9 Å². The van der Waals surface area contributed by atoms with E-state index in [2.05, 4.69) is 38.4 Å². The van der Waals surface area contributed by atoms with Gasteiger partial charge in [0.15, 0.2) is 0 Å². The summed E-state index contributed by atoms with van der Waals surface area (Å²) < 4.78 is 9.54. The smallest absolute Gasteiger partial charge is 0.274 e. The molecule has 0 bridgehead atoms. The fraction of sp³-hybridized carbons (Fsp3) is 0.465. The highest BCUT2D eigenvalue weighted by molar-refractivity contribution is 6.08. The minimum Gasteiger partial charge on any atom is -0.496 e. The van der Waals surface area contributed by atoms with E-state index >= 15 is 0 Å². The summed E-state index contributed by atoms with van der Waals surface area (Å²) in [5, 5.41) is 6.44. The van der Waals surface area contributed by atoms with E-state index in [-0.39, 0.29) is 35.7 Å². The molecule has 0 spiro atoms. The molecular formula is C43H54N8O5. The maximum absolute atomic E-state index is 13.4. The lowest BCUT2D eigenvalue weighted by molar-refractivity contribution is -0.120. The molecule has 13 heteroatoms. The first-order valence-electron chi connectivity index (χ1n) is 20.0. The second-order valence-corrected chi connectivity index (χ2v) is 15.5. The van der Waals surface area contributed by atoms with Crippen molar-refractivity contribution in [3.63, 3.8) is 0 Å². The fourth-order valence-corrected chi connectivity index (χ4v) is 8.38. The topological polar surface area (TPSA) is 156 Å². The van der Waals surface area contributed by atoms with Crippen molar-refractivity contribution >= 4 is 52.4 Å². The normalized spacial score (nSPS) is 19.2. The van der Waals surface area contributed by atoms with Crippen LogP contribution in [0.5, 0.6) is 5.75 Å². The first-order chi connectivity index (χ1) is 27.3. The zero-order valence-corrected chi connectivity index (χ0v) is 32.5. The van der Waals surface area contributed by atoms with Crippen LogP contribution in [-0.2, 0) is 9.59 Å². The van der Waals surface area contributed by atoms with E-state index in [1.54, 1.807) is 53.2 Å². The number of piperidine rings is 1. The Morgan fingerprint density at radius 1 is 0.964 bits per heavy atom. The van der Waals surface area contributed by atoms with Gasteiger partial charge in [0.1, 0.15) is 11.4 Å². The summed E-state index contributed by atoms with van der Waals surface area (Å²) in [5.74, 6) is 0.497. The highest BCUT2D eigenvalue weighted by Gasteiger charge is 2.27. The number of amides is 3. The molecule has 13 nitrogen and oxygen atoms in total. The number of carbonyl (C=O) groups excluding carboxylic acids is 3. The van der Waals surface area contributed by atoms with E-state index in [1.807, 2.05) is 12.1 Å². The minimum atomic E-state index is -0.432. The highest BCUT2D eigenvalue weighted by Crippen LogP contribution is 2.35. The van der Waals surface area contributed by atoms with Gasteiger partial charge in [-0.05, 0) is 107 Å². The summed E-state index contributed by atoms with van der Waals surface area (Å²) in [4.78, 5) is 59.2. The number of nitrogens with two attached hydrogens (primary N) is 1. The summed E-state index contributed by atoms with van der Waals surface area (Å²) in [5.41, 5.74) is 9.78. The molecule has 1 saturated heterocycles. The molecule has 56 heavy (non-hydrogen) atoms. The molecule has 2 aliphatic carbocycles. The SMILES string of the molecule is CNC(=O)CCN(C=O)c1cccc2c1ccn2C1CCN(CCC2CCC(N=Cc3cc(C(=O)Nc4cccn(C5CC5)c4=O)c(OC)cc3N)CC2)CC1. The van der Waals surface area contributed by atoms with Gasteiger partial charge in [-0.15, -0.1) is 0 Å².